The van der Waals surface area contributed by atoms with E-state index in [1.165, 1.54) is 12.5 Å². The Morgan fingerprint density at radius 2 is 1.62 bits per heavy atom. The highest BCUT2D eigenvalue weighted by Crippen LogP contribution is 2.24. The summed E-state index contributed by atoms with van der Waals surface area (Å²) < 4.78 is 5.37. The van der Waals surface area contributed by atoms with Crippen LogP contribution in [0.5, 0.6) is 0 Å². The van der Waals surface area contributed by atoms with Gasteiger partial charge in [-0.3, -0.25) is 0 Å². The summed E-state index contributed by atoms with van der Waals surface area (Å²) in [6.45, 7) is 13.5. The Hall–Kier alpha value is 0.177. The molecule has 0 heterocycles. The van der Waals surface area contributed by atoms with Crippen LogP contribution < -0.4 is 0 Å². The molecule has 1 nitrogen and oxygen atoms in total. The van der Waals surface area contributed by atoms with Gasteiger partial charge in [-0.15, -0.1) is 0 Å². The molecule has 80 valence electrons. The quantitative estimate of drug-likeness (QED) is 0.454. The van der Waals surface area contributed by atoms with E-state index < -0.39 is 8.80 Å². The van der Waals surface area contributed by atoms with E-state index in [1.807, 2.05) is 0 Å². The van der Waals surface area contributed by atoms with Gasteiger partial charge in [0.2, 0.25) is 0 Å². The van der Waals surface area contributed by atoms with Gasteiger partial charge in [-0.2, -0.15) is 0 Å². The van der Waals surface area contributed by atoms with Gasteiger partial charge in [-0.05, 0) is 13.3 Å². The van der Waals surface area contributed by atoms with Crippen LogP contribution in [0.2, 0.25) is 17.1 Å². The fraction of sp³-hybridized carbons (Fsp3) is 1.00. The second kappa shape index (κ2) is 7.57. The first kappa shape index (κ1) is 13.2. The van der Waals surface area contributed by atoms with Crippen molar-refractivity contribution < 1.29 is 4.74 Å². The number of ether oxygens (including phenoxy) is 1. The SMILES string of the molecule is CCOCCC[SiH](C(C)C)C(C)C. The third-order valence-corrected chi connectivity index (χ3v) is 7.24. The molecule has 0 unspecified atom stereocenters. The molecule has 0 saturated carbocycles. The van der Waals surface area contributed by atoms with Gasteiger partial charge in [0.15, 0.2) is 0 Å². The fourth-order valence-electron chi connectivity index (χ4n) is 2.00. The van der Waals surface area contributed by atoms with Crippen molar-refractivity contribution in [2.24, 2.45) is 0 Å². The van der Waals surface area contributed by atoms with Crippen LogP contribution in [-0.4, -0.2) is 22.0 Å². The summed E-state index contributed by atoms with van der Waals surface area (Å²) in [5.41, 5.74) is 1.89. The predicted octanol–water partition coefficient (Wildman–Crippen LogP) is 3.46. The molecule has 0 aromatic rings. The molecule has 13 heavy (non-hydrogen) atoms. The zero-order valence-corrected chi connectivity index (χ0v) is 11.1. The molecule has 0 rings (SSSR count). The average molecular weight is 202 g/mol. The van der Waals surface area contributed by atoms with Crippen molar-refractivity contribution in [2.45, 2.75) is 58.2 Å². The maximum atomic E-state index is 5.37. The van der Waals surface area contributed by atoms with E-state index in [4.69, 9.17) is 4.74 Å². The van der Waals surface area contributed by atoms with Crippen LogP contribution >= 0.6 is 0 Å². The van der Waals surface area contributed by atoms with Gasteiger partial charge in [-0.1, -0.05) is 44.8 Å². The minimum Gasteiger partial charge on any atom is -0.382 e. The van der Waals surface area contributed by atoms with E-state index in [-0.39, 0.29) is 0 Å². The van der Waals surface area contributed by atoms with Gasteiger partial charge in [-0.25, -0.2) is 0 Å². The van der Waals surface area contributed by atoms with Crippen LogP contribution in [0.1, 0.15) is 41.0 Å². The van der Waals surface area contributed by atoms with Crippen LogP contribution in [0, 0.1) is 0 Å². The predicted molar refractivity (Wildman–Crippen MR) is 63.3 cm³/mol. The first-order valence-electron chi connectivity index (χ1n) is 5.67. The molecule has 0 saturated heterocycles. The standard InChI is InChI=1S/C11H26OSi/c1-6-12-8-7-9-13(10(2)3)11(4)5/h10-11,13H,6-9H2,1-5H3. The highest BCUT2D eigenvalue weighted by Gasteiger charge is 2.18. The Balaban J connectivity index is 3.58. The lowest BCUT2D eigenvalue weighted by Crippen LogP contribution is -2.21. The van der Waals surface area contributed by atoms with Crippen LogP contribution in [-0.2, 0) is 4.74 Å². The fourth-order valence-corrected chi connectivity index (χ4v) is 5.51. The largest absolute Gasteiger partial charge is 0.382 e. The van der Waals surface area contributed by atoms with E-state index in [9.17, 15) is 0 Å². The zero-order valence-electron chi connectivity index (χ0n) is 9.97. The van der Waals surface area contributed by atoms with E-state index in [2.05, 4.69) is 34.6 Å². The summed E-state index contributed by atoms with van der Waals surface area (Å²) in [5.74, 6) is 0. The van der Waals surface area contributed by atoms with E-state index in [0.717, 1.165) is 24.3 Å². The number of hydrogen-bond donors (Lipinski definition) is 0. The average Bonchev–Trinajstić information content (AvgIpc) is 2.02. The van der Waals surface area contributed by atoms with Crippen LogP contribution in [0.3, 0.4) is 0 Å². The first-order chi connectivity index (χ1) is 6.09. The Morgan fingerprint density at radius 3 is 2.00 bits per heavy atom. The summed E-state index contributed by atoms with van der Waals surface area (Å²) in [4.78, 5) is 0. The van der Waals surface area contributed by atoms with Crippen molar-refractivity contribution in [3.8, 4) is 0 Å². The van der Waals surface area contributed by atoms with Crippen molar-refractivity contribution in [2.75, 3.05) is 13.2 Å². The van der Waals surface area contributed by atoms with Crippen LogP contribution in [0.4, 0.5) is 0 Å². The summed E-state index contributed by atoms with van der Waals surface area (Å²) >= 11 is 0. The molecule has 0 aromatic carbocycles. The van der Waals surface area contributed by atoms with Gasteiger partial charge in [0, 0.05) is 22.0 Å². The number of hydrogen-bond acceptors (Lipinski definition) is 1. The summed E-state index contributed by atoms with van der Waals surface area (Å²) in [5, 5.41) is 0. The monoisotopic (exact) mass is 202 g/mol. The first-order valence-corrected chi connectivity index (χ1v) is 7.82. The van der Waals surface area contributed by atoms with E-state index in [1.54, 1.807) is 0 Å². The molecule has 0 bridgehead atoms. The second-order valence-corrected chi connectivity index (χ2v) is 9.06. The van der Waals surface area contributed by atoms with Crippen molar-refractivity contribution in [1.82, 2.24) is 0 Å². The molecule has 0 amide bonds. The van der Waals surface area contributed by atoms with Gasteiger partial charge in [0.1, 0.15) is 0 Å². The zero-order chi connectivity index (χ0) is 10.3. The molecule has 0 fully saturated rings. The van der Waals surface area contributed by atoms with Gasteiger partial charge in [0.25, 0.3) is 0 Å². The molecule has 2 heteroatoms. The Labute approximate surface area is 85.5 Å². The molecule has 0 aromatic heterocycles. The van der Waals surface area contributed by atoms with Crippen LogP contribution in [0.15, 0.2) is 0 Å². The Kier molecular flexibility index (Phi) is 7.67. The maximum Gasteiger partial charge on any atom is 0.0463 e. The van der Waals surface area contributed by atoms with Crippen molar-refractivity contribution >= 4 is 8.80 Å². The van der Waals surface area contributed by atoms with Gasteiger partial charge >= 0.3 is 0 Å². The lowest BCUT2D eigenvalue weighted by atomic mass is 10.5. The molecule has 0 radical (unpaired) electrons. The highest BCUT2D eigenvalue weighted by molar-refractivity contribution is 6.61. The third-order valence-electron chi connectivity index (χ3n) is 2.74. The second-order valence-electron chi connectivity index (χ2n) is 4.49. The van der Waals surface area contributed by atoms with E-state index >= 15 is 0 Å². The summed E-state index contributed by atoms with van der Waals surface area (Å²) in [7, 11) is -0.503. The molecular weight excluding hydrogens is 176 g/mol. The molecule has 0 N–H and O–H groups in total. The maximum absolute atomic E-state index is 5.37. The molecule has 0 aliphatic rings. The topological polar surface area (TPSA) is 9.23 Å². The lowest BCUT2D eigenvalue weighted by Gasteiger charge is -2.22. The van der Waals surface area contributed by atoms with Crippen LogP contribution in [0.25, 0.3) is 0 Å². The van der Waals surface area contributed by atoms with Crippen molar-refractivity contribution in [1.29, 1.82) is 0 Å². The van der Waals surface area contributed by atoms with Gasteiger partial charge < -0.3 is 4.74 Å². The minimum atomic E-state index is -0.503. The Bertz CT molecular complexity index is 105. The summed E-state index contributed by atoms with van der Waals surface area (Å²) in [6.07, 6.45) is 1.28. The molecule has 0 atom stereocenters. The smallest absolute Gasteiger partial charge is 0.0463 e. The normalized spacial score (nSPS) is 12.0. The number of rotatable bonds is 7. The van der Waals surface area contributed by atoms with Gasteiger partial charge in [0.05, 0.1) is 0 Å². The molecule has 0 spiro atoms. The lowest BCUT2D eigenvalue weighted by molar-refractivity contribution is 0.148. The van der Waals surface area contributed by atoms with Crippen molar-refractivity contribution in [3.63, 3.8) is 0 Å². The molecule has 0 aliphatic carbocycles. The highest BCUT2D eigenvalue weighted by atomic mass is 28.3. The molecule has 0 aliphatic heterocycles. The molecular formula is C11H26OSi. The minimum absolute atomic E-state index is 0.503. The third kappa shape index (κ3) is 6.27. The van der Waals surface area contributed by atoms with E-state index in [0.29, 0.717) is 0 Å². The van der Waals surface area contributed by atoms with Crippen molar-refractivity contribution in [3.05, 3.63) is 0 Å². The Morgan fingerprint density at radius 1 is 1.08 bits per heavy atom. The summed E-state index contributed by atoms with van der Waals surface area (Å²) in [6, 6.07) is 1.45.